The lowest BCUT2D eigenvalue weighted by atomic mass is 10.2. The third kappa shape index (κ3) is 4.13. The number of rotatable bonds is 6. The van der Waals surface area contributed by atoms with E-state index in [1.54, 1.807) is 18.2 Å². The summed E-state index contributed by atoms with van der Waals surface area (Å²) in [6.07, 6.45) is 3.46. The van der Waals surface area contributed by atoms with Crippen LogP contribution in [0.2, 0.25) is 0 Å². The van der Waals surface area contributed by atoms with E-state index in [0.29, 0.717) is 27.3 Å². The topological polar surface area (TPSA) is 65.1 Å². The van der Waals surface area contributed by atoms with Gasteiger partial charge in [-0.15, -0.1) is 0 Å². The molecule has 0 atom stereocenters. The van der Waals surface area contributed by atoms with Crippen molar-refractivity contribution in [1.29, 1.82) is 0 Å². The van der Waals surface area contributed by atoms with Gasteiger partial charge in [0.05, 0.1) is 11.5 Å². The monoisotopic (exact) mass is 379 g/mol. The Morgan fingerprint density at radius 2 is 2.20 bits per heavy atom. The molecule has 2 aliphatic heterocycles. The Hall–Kier alpha value is -2.06. The number of fused-ring (bicyclic) bond motifs is 1. The third-order valence-corrected chi connectivity index (χ3v) is 4.99. The molecule has 1 aromatic rings. The molecule has 0 unspecified atom stereocenters. The Balaban J connectivity index is 1.67. The molecule has 1 fully saturated rings. The highest BCUT2D eigenvalue weighted by atomic mass is 32.2. The molecule has 6 nitrogen and oxygen atoms in total. The first-order valence-electron chi connectivity index (χ1n) is 7.89. The number of unbranched alkanes of at least 4 members (excludes halogenated alkanes) is 1. The molecule has 1 aromatic carbocycles. The molecule has 132 valence electrons. The van der Waals surface area contributed by atoms with Crippen LogP contribution in [0.4, 0.5) is 0 Å². The first kappa shape index (κ1) is 17.8. The number of thioether (sulfide) groups is 1. The molecule has 1 saturated heterocycles. The quantitative estimate of drug-likeness (QED) is 0.326. The zero-order valence-electron chi connectivity index (χ0n) is 13.6. The molecule has 0 spiro atoms. The normalized spacial score (nSPS) is 17.5. The maximum absolute atomic E-state index is 12.5. The Bertz CT molecular complexity index is 747. The lowest BCUT2D eigenvalue weighted by Gasteiger charge is -2.13. The number of amides is 1. The summed E-state index contributed by atoms with van der Waals surface area (Å²) in [6, 6.07) is 5.42. The summed E-state index contributed by atoms with van der Waals surface area (Å²) >= 11 is 6.39. The molecule has 0 saturated carbocycles. The smallest absolute Gasteiger partial charge is 0.326 e. The summed E-state index contributed by atoms with van der Waals surface area (Å²) < 4.78 is 16.0. The van der Waals surface area contributed by atoms with Gasteiger partial charge in [0.15, 0.2) is 11.5 Å². The van der Waals surface area contributed by atoms with Gasteiger partial charge in [-0.1, -0.05) is 43.4 Å². The van der Waals surface area contributed by atoms with Gasteiger partial charge in [-0.3, -0.25) is 14.5 Å². The van der Waals surface area contributed by atoms with E-state index >= 15 is 0 Å². The molecule has 1 amide bonds. The number of hydrogen-bond acceptors (Lipinski definition) is 7. The van der Waals surface area contributed by atoms with Crippen LogP contribution in [0.1, 0.15) is 25.3 Å². The standard InChI is InChI=1S/C17H17NO5S2/c1-2-3-6-21-15(19)9-18-16(20)14(25-17(18)24)8-11-4-5-12-13(7-11)23-10-22-12/h4-5,7-8H,2-3,6,9-10H2,1H3/b14-8-. The molecular formula is C17H17NO5S2. The SMILES string of the molecule is CCCCOC(=O)CN1C(=O)/C(=C/c2ccc3c(c2)OCO3)SC1=S. The first-order valence-corrected chi connectivity index (χ1v) is 9.11. The van der Waals surface area contributed by atoms with Crippen LogP contribution in [0.5, 0.6) is 11.5 Å². The van der Waals surface area contributed by atoms with Gasteiger partial charge in [-0.25, -0.2) is 0 Å². The van der Waals surface area contributed by atoms with Crippen LogP contribution in [-0.2, 0) is 14.3 Å². The Labute approximate surface area is 155 Å². The van der Waals surface area contributed by atoms with Crippen molar-refractivity contribution in [2.75, 3.05) is 19.9 Å². The molecule has 0 N–H and O–H groups in total. The van der Waals surface area contributed by atoms with E-state index in [0.717, 1.165) is 18.4 Å². The second-order valence-corrected chi connectivity index (χ2v) is 7.13. The predicted octanol–water partition coefficient (Wildman–Crippen LogP) is 2.96. The summed E-state index contributed by atoms with van der Waals surface area (Å²) in [5.41, 5.74) is 0.801. The van der Waals surface area contributed by atoms with Crippen molar-refractivity contribution in [2.24, 2.45) is 0 Å². The summed E-state index contributed by atoms with van der Waals surface area (Å²) in [5, 5.41) is 0. The minimum absolute atomic E-state index is 0.160. The number of esters is 1. The second kappa shape index (κ2) is 7.88. The zero-order valence-corrected chi connectivity index (χ0v) is 15.3. The largest absolute Gasteiger partial charge is 0.464 e. The molecule has 0 bridgehead atoms. The van der Waals surface area contributed by atoms with Crippen LogP contribution < -0.4 is 9.47 Å². The van der Waals surface area contributed by atoms with Gasteiger partial charge >= 0.3 is 5.97 Å². The van der Waals surface area contributed by atoms with Gasteiger partial charge in [-0.05, 0) is 30.2 Å². The number of carbonyl (C=O) groups excluding carboxylic acids is 2. The number of ether oxygens (including phenoxy) is 3. The Morgan fingerprint density at radius 3 is 3.00 bits per heavy atom. The first-order chi connectivity index (χ1) is 12.1. The molecule has 3 rings (SSSR count). The van der Waals surface area contributed by atoms with Crippen LogP contribution in [-0.4, -0.2) is 41.0 Å². The van der Waals surface area contributed by atoms with Crippen molar-refractivity contribution in [3.63, 3.8) is 0 Å². The molecule has 0 aromatic heterocycles. The van der Waals surface area contributed by atoms with Crippen LogP contribution in [0, 0.1) is 0 Å². The predicted molar refractivity (Wildman–Crippen MR) is 98.3 cm³/mol. The molecule has 2 aliphatic rings. The van der Waals surface area contributed by atoms with Crippen molar-refractivity contribution in [2.45, 2.75) is 19.8 Å². The number of benzene rings is 1. The van der Waals surface area contributed by atoms with Gasteiger partial charge in [0.25, 0.3) is 5.91 Å². The third-order valence-electron chi connectivity index (χ3n) is 3.62. The van der Waals surface area contributed by atoms with Gasteiger partial charge in [-0.2, -0.15) is 0 Å². The fraction of sp³-hybridized carbons (Fsp3) is 0.353. The second-order valence-electron chi connectivity index (χ2n) is 5.45. The van der Waals surface area contributed by atoms with E-state index in [4.69, 9.17) is 26.4 Å². The van der Waals surface area contributed by atoms with Crippen molar-refractivity contribution < 1.29 is 23.8 Å². The Morgan fingerprint density at radius 1 is 1.40 bits per heavy atom. The van der Waals surface area contributed by atoms with Gasteiger partial charge in [0.2, 0.25) is 6.79 Å². The highest BCUT2D eigenvalue weighted by molar-refractivity contribution is 8.26. The minimum Gasteiger partial charge on any atom is -0.464 e. The van der Waals surface area contributed by atoms with Gasteiger partial charge in [0.1, 0.15) is 10.9 Å². The summed E-state index contributed by atoms with van der Waals surface area (Å²) in [7, 11) is 0. The molecule has 2 heterocycles. The summed E-state index contributed by atoms with van der Waals surface area (Å²) in [4.78, 5) is 26.1. The molecule has 0 aliphatic carbocycles. The molecular weight excluding hydrogens is 362 g/mol. The zero-order chi connectivity index (χ0) is 17.8. The minimum atomic E-state index is -0.450. The maximum Gasteiger partial charge on any atom is 0.326 e. The average molecular weight is 379 g/mol. The van der Waals surface area contributed by atoms with Gasteiger partial charge in [0, 0.05) is 0 Å². The average Bonchev–Trinajstić information content (AvgIpc) is 3.15. The summed E-state index contributed by atoms with van der Waals surface area (Å²) in [6.45, 7) is 2.40. The number of nitrogens with zero attached hydrogens (tertiary/aromatic N) is 1. The van der Waals surface area contributed by atoms with Crippen molar-refractivity contribution in [3.05, 3.63) is 28.7 Å². The van der Waals surface area contributed by atoms with E-state index in [-0.39, 0.29) is 19.2 Å². The number of thiocarbonyl (C=S) groups is 1. The van der Waals surface area contributed by atoms with Crippen LogP contribution in [0.15, 0.2) is 23.1 Å². The van der Waals surface area contributed by atoms with E-state index in [1.807, 2.05) is 13.0 Å². The van der Waals surface area contributed by atoms with Crippen LogP contribution in [0.25, 0.3) is 6.08 Å². The van der Waals surface area contributed by atoms with E-state index < -0.39 is 5.97 Å². The highest BCUT2D eigenvalue weighted by Crippen LogP contribution is 2.36. The van der Waals surface area contributed by atoms with Crippen molar-refractivity contribution in [1.82, 2.24) is 4.90 Å². The Kier molecular flexibility index (Phi) is 5.60. The number of hydrogen-bond donors (Lipinski definition) is 0. The lowest BCUT2D eigenvalue weighted by Crippen LogP contribution is -2.34. The van der Waals surface area contributed by atoms with Crippen LogP contribution in [0.3, 0.4) is 0 Å². The maximum atomic E-state index is 12.5. The van der Waals surface area contributed by atoms with E-state index in [9.17, 15) is 9.59 Å². The van der Waals surface area contributed by atoms with E-state index in [2.05, 4.69) is 0 Å². The lowest BCUT2D eigenvalue weighted by molar-refractivity contribution is -0.146. The fourth-order valence-electron chi connectivity index (χ4n) is 2.30. The fourth-order valence-corrected chi connectivity index (χ4v) is 3.55. The van der Waals surface area contributed by atoms with Crippen LogP contribution >= 0.6 is 24.0 Å². The van der Waals surface area contributed by atoms with E-state index in [1.165, 1.54) is 16.7 Å². The molecule has 25 heavy (non-hydrogen) atoms. The summed E-state index contributed by atoms with van der Waals surface area (Å²) in [5.74, 6) is 0.581. The molecule has 0 radical (unpaired) electrons. The van der Waals surface area contributed by atoms with Crippen molar-refractivity contribution >= 4 is 46.3 Å². The van der Waals surface area contributed by atoms with Gasteiger partial charge < -0.3 is 14.2 Å². The highest BCUT2D eigenvalue weighted by Gasteiger charge is 2.33. The molecule has 8 heteroatoms. The van der Waals surface area contributed by atoms with Crippen molar-refractivity contribution in [3.8, 4) is 11.5 Å². The number of carbonyl (C=O) groups is 2.